The molecule has 14 heteroatoms. The first-order valence-corrected chi connectivity index (χ1v) is 28.7. The summed E-state index contributed by atoms with van der Waals surface area (Å²) in [6.45, 7) is 3.51. The first kappa shape index (κ1) is 67.3. The second-order valence-corrected chi connectivity index (χ2v) is 19.7. The van der Waals surface area contributed by atoms with Crippen molar-refractivity contribution in [2.24, 2.45) is 0 Å². The molecule has 0 bridgehead atoms. The minimum Gasteiger partial charge on any atom is -0.457 e. The lowest BCUT2D eigenvalue weighted by Crippen LogP contribution is -2.61. The maximum Gasteiger partial charge on any atom is 0.306 e. The molecule has 0 amide bonds. The van der Waals surface area contributed by atoms with Gasteiger partial charge in [0.15, 0.2) is 12.6 Å². The zero-order chi connectivity index (χ0) is 53.7. The van der Waals surface area contributed by atoms with Crippen molar-refractivity contribution in [3.8, 4) is 0 Å². The molecule has 2 heterocycles. The number of aliphatic hydroxyl groups excluding tert-OH is 7. The molecule has 11 atom stereocenters. The van der Waals surface area contributed by atoms with E-state index in [1.807, 2.05) is 0 Å². The largest absolute Gasteiger partial charge is 0.457 e. The highest BCUT2D eigenvalue weighted by atomic mass is 16.7. The molecular formula is C60H102O14. The predicted octanol–water partition coefficient (Wildman–Crippen LogP) is 10.0. The van der Waals surface area contributed by atoms with Crippen LogP contribution in [0, 0.1) is 0 Å². The standard InChI is InChI=1S/C60H102O14/c1-3-5-7-9-11-13-15-17-19-21-22-23-24-25-26-27-29-31-33-35-37-39-41-43-52(62)72-49(46-69-44-42-40-38-36-34-32-30-28-20-18-16-14-12-10-8-6-4-2)47-70-59-58(68)56(66)54(64)51(74-59)48-71-60-57(67)55(65)53(63)50(45-61)73-60/h5,7,11,13-14,16-17,19-20,22-23,25-26,28,49-51,53-61,63-68H,3-4,6,8-10,12,15,18,21,24,27,29-48H2,1-2H3/b7-5-,13-11-,16-14-,19-17-,23-22-,26-25-,28-20-. The van der Waals surface area contributed by atoms with Crippen molar-refractivity contribution in [2.45, 2.75) is 255 Å². The van der Waals surface area contributed by atoms with Gasteiger partial charge in [-0.3, -0.25) is 4.79 Å². The van der Waals surface area contributed by atoms with Crippen molar-refractivity contribution >= 4 is 5.97 Å². The lowest BCUT2D eigenvalue weighted by Gasteiger charge is -2.42. The van der Waals surface area contributed by atoms with Crippen molar-refractivity contribution in [1.29, 1.82) is 0 Å². The summed E-state index contributed by atoms with van der Waals surface area (Å²) in [7, 11) is 0. The third-order valence-electron chi connectivity index (χ3n) is 13.1. The van der Waals surface area contributed by atoms with E-state index in [9.17, 15) is 40.5 Å². The molecule has 14 nitrogen and oxygen atoms in total. The number of carbonyl (C=O) groups is 1. The third-order valence-corrected chi connectivity index (χ3v) is 13.1. The van der Waals surface area contributed by atoms with Crippen LogP contribution >= 0.6 is 0 Å². The first-order chi connectivity index (χ1) is 36.1. The van der Waals surface area contributed by atoms with Gasteiger partial charge in [-0.05, 0) is 89.9 Å². The summed E-state index contributed by atoms with van der Waals surface area (Å²) >= 11 is 0. The van der Waals surface area contributed by atoms with Crippen LogP contribution in [-0.4, -0.2) is 142 Å². The number of allylic oxidation sites excluding steroid dienone is 14. The molecule has 11 unspecified atom stereocenters. The number of hydrogen-bond donors (Lipinski definition) is 7. The zero-order valence-corrected chi connectivity index (χ0v) is 45.5. The molecule has 0 aromatic rings. The van der Waals surface area contributed by atoms with E-state index in [1.54, 1.807) is 0 Å². The summed E-state index contributed by atoms with van der Waals surface area (Å²) in [5.41, 5.74) is 0. The van der Waals surface area contributed by atoms with E-state index in [2.05, 4.69) is 98.9 Å². The summed E-state index contributed by atoms with van der Waals surface area (Å²) in [5.74, 6) is -0.394. The number of ether oxygens (including phenoxy) is 6. The Kier molecular flexibility index (Phi) is 42.1. The van der Waals surface area contributed by atoms with E-state index in [0.717, 1.165) is 109 Å². The Hall–Kier alpha value is -2.83. The fourth-order valence-corrected chi connectivity index (χ4v) is 8.52. The smallest absolute Gasteiger partial charge is 0.306 e. The van der Waals surface area contributed by atoms with Crippen molar-refractivity contribution in [1.82, 2.24) is 0 Å². The van der Waals surface area contributed by atoms with Gasteiger partial charge in [0, 0.05) is 13.0 Å². The summed E-state index contributed by atoms with van der Waals surface area (Å²) in [6, 6.07) is 0. The number of esters is 1. The van der Waals surface area contributed by atoms with Crippen LogP contribution in [0.1, 0.15) is 187 Å². The van der Waals surface area contributed by atoms with Crippen LogP contribution in [0.15, 0.2) is 85.1 Å². The molecular weight excluding hydrogens is 945 g/mol. The minimum absolute atomic E-state index is 0.0450. The lowest BCUT2D eigenvalue weighted by molar-refractivity contribution is -0.332. The average Bonchev–Trinajstić information content (AvgIpc) is 3.40. The van der Waals surface area contributed by atoms with Crippen LogP contribution in [-0.2, 0) is 33.2 Å². The fourth-order valence-electron chi connectivity index (χ4n) is 8.52. The molecule has 2 saturated heterocycles. The van der Waals surface area contributed by atoms with Gasteiger partial charge in [0.05, 0.1) is 26.4 Å². The molecule has 0 aromatic heterocycles. The monoisotopic (exact) mass is 1050 g/mol. The summed E-state index contributed by atoms with van der Waals surface area (Å²) in [5, 5.41) is 72.3. The fraction of sp³-hybridized carbons (Fsp3) is 0.750. The van der Waals surface area contributed by atoms with Crippen LogP contribution in [0.25, 0.3) is 0 Å². The summed E-state index contributed by atoms with van der Waals surface area (Å²) < 4.78 is 34.4. The molecule has 0 saturated carbocycles. The van der Waals surface area contributed by atoms with Gasteiger partial charge < -0.3 is 64.2 Å². The van der Waals surface area contributed by atoms with E-state index in [1.165, 1.54) is 51.4 Å². The van der Waals surface area contributed by atoms with E-state index in [0.29, 0.717) is 13.0 Å². The number of rotatable bonds is 45. The van der Waals surface area contributed by atoms with Gasteiger partial charge in [0.2, 0.25) is 0 Å². The number of unbranched alkanes of at least 4 members (excludes halogenated alkanes) is 17. The Morgan fingerprint density at radius 1 is 0.459 bits per heavy atom. The topological polar surface area (TPSA) is 214 Å². The van der Waals surface area contributed by atoms with Crippen molar-refractivity contribution < 1.29 is 69.0 Å². The van der Waals surface area contributed by atoms with Crippen LogP contribution in [0.4, 0.5) is 0 Å². The zero-order valence-electron chi connectivity index (χ0n) is 45.5. The molecule has 0 radical (unpaired) electrons. The van der Waals surface area contributed by atoms with Crippen LogP contribution in [0.5, 0.6) is 0 Å². The lowest BCUT2D eigenvalue weighted by atomic mass is 9.98. The van der Waals surface area contributed by atoms with Gasteiger partial charge in [-0.2, -0.15) is 0 Å². The van der Waals surface area contributed by atoms with Gasteiger partial charge >= 0.3 is 5.97 Å². The molecule has 2 fully saturated rings. The van der Waals surface area contributed by atoms with Gasteiger partial charge in [-0.15, -0.1) is 0 Å². The molecule has 7 N–H and O–H groups in total. The first-order valence-electron chi connectivity index (χ1n) is 28.7. The Morgan fingerprint density at radius 2 is 0.878 bits per heavy atom. The van der Waals surface area contributed by atoms with Gasteiger partial charge in [0.25, 0.3) is 0 Å². The number of hydrogen-bond acceptors (Lipinski definition) is 14. The summed E-state index contributed by atoms with van der Waals surface area (Å²) in [6.07, 6.45) is 43.5. The highest BCUT2D eigenvalue weighted by molar-refractivity contribution is 5.69. The highest BCUT2D eigenvalue weighted by Gasteiger charge is 2.47. The molecule has 2 aliphatic heterocycles. The van der Waals surface area contributed by atoms with Gasteiger partial charge in [0.1, 0.15) is 54.9 Å². The predicted molar refractivity (Wildman–Crippen MR) is 293 cm³/mol. The van der Waals surface area contributed by atoms with E-state index in [4.69, 9.17) is 28.4 Å². The molecule has 0 aromatic carbocycles. The molecule has 74 heavy (non-hydrogen) atoms. The van der Waals surface area contributed by atoms with Crippen molar-refractivity contribution in [3.63, 3.8) is 0 Å². The maximum atomic E-state index is 13.1. The second kappa shape index (κ2) is 46.3. The molecule has 0 aliphatic carbocycles. The average molecular weight is 1050 g/mol. The van der Waals surface area contributed by atoms with E-state index >= 15 is 0 Å². The van der Waals surface area contributed by atoms with Crippen molar-refractivity contribution in [3.05, 3.63) is 85.1 Å². The second-order valence-electron chi connectivity index (χ2n) is 19.7. The van der Waals surface area contributed by atoms with Gasteiger partial charge in [-0.1, -0.05) is 176 Å². The Morgan fingerprint density at radius 3 is 1.38 bits per heavy atom. The van der Waals surface area contributed by atoms with Crippen molar-refractivity contribution in [2.75, 3.05) is 33.0 Å². The van der Waals surface area contributed by atoms with Crippen LogP contribution in [0.2, 0.25) is 0 Å². The quantitative estimate of drug-likeness (QED) is 0.0172. The molecule has 2 rings (SSSR count). The van der Waals surface area contributed by atoms with Gasteiger partial charge in [-0.25, -0.2) is 0 Å². The SMILES string of the molecule is CC/C=C\C/C=C\C/C=C\C/C=C\C/C=C\CCCCCCCCCC(=O)OC(COCCCCCCCC/C=C\C/C=C\CCCCCC)COC1OC(COC2OC(CO)C(O)C(O)C2O)C(O)C(O)C1O. The van der Waals surface area contributed by atoms with Crippen LogP contribution < -0.4 is 0 Å². The Bertz CT molecular complexity index is 1540. The molecule has 2 aliphatic rings. The highest BCUT2D eigenvalue weighted by Crippen LogP contribution is 2.26. The normalized spacial score (nSPS) is 25.4. The number of aliphatic hydroxyl groups is 7. The van der Waals surface area contributed by atoms with E-state index < -0.39 is 86.7 Å². The molecule has 426 valence electrons. The Balaban J connectivity index is 1.74. The van der Waals surface area contributed by atoms with Crippen LogP contribution in [0.3, 0.4) is 0 Å². The maximum absolute atomic E-state index is 13.1. The third kappa shape index (κ3) is 32.7. The number of carbonyl (C=O) groups excluding carboxylic acids is 1. The van der Waals surface area contributed by atoms with E-state index in [-0.39, 0.29) is 19.6 Å². The minimum atomic E-state index is -1.72. The molecule has 0 spiro atoms. The summed E-state index contributed by atoms with van der Waals surface area (Å²) in [4.78, 5) is 13.1. The Labute approximate surface area is 446 Å².